The van der Waals surface area contributed by atoms with Gasteiger partial charge in [0.05, 0.1) is 23.4 Å². The maximum Gasteiger partial charge on any atom is 0.251 e. The van der Waals surface area contributed by atoms with Gasteiger partial charge in [-0.15, -0.1) is 0 Å². The molecule has 4 rings (SSSR count). The Kier molecular flexibility index (Phi) is 5.52. The molecule has 1 saturated heterocycles. The average Bonchev–Trinajstić information content (AvgIpc) is 3.11. The Labute approximate surface area is 160 Å². The number of fused-ring (bicyclic) bond motifs is 1. The molecule has 140 valence electrons. The minimum atomic E-state index is -0.0659. The van der Waals surface area contributed by atoms with E-state index in [1.54, 1.807) is 18.3 Å². The second kappa shape index (κ2) is 8.38. The summed E-state index contributed by atoms with van der Waals surface area (Å²) in [6, 6.07) is 7.33. The summed E-state index contributed by atoms with van der Waals surface area (Å²) in [4.78, 5) is 27.3. The van der Waals surface area contributed by atoms with Crippen molar-refractivity contribution in [2.24, 2.45) is 0 Å². The van der Waals surface area contributed by atoms with Gasteiger partial charge < -0.3 is 15.4 Å². The van der Waals surface area contributed by atoms with Crippen molar-refractivity contribution >= 4 is 38.4 Å². The lowest BCUT2D eigenvalue weighted by Gasteiger charge is -2.26. The van der Waals surface area contributed by atoms with Gasteiger partial charge in [0.25, 0.3) is 5.91 Å². The largest absolute Gasteiger partial charge is 0.379 e. The van der Waals surface area contributed by atoms with E-state index in [1.807, 2.05) is 12.1 Å². The highest BCUT2D eigenvalue weighted by atomic mass is 32.1. The van der Waals surface area contributed by atoms with Gasteiger partial charge in [-0.3, -0.25) is 9.69 Å². The highest BCUT2D eigenvalue weighted by Crippen LogP contribution is 2.28. The predicted octanol–water partition coefficient (Wildman–Crippen LogP) is 1.89. The number of carbonyl (C=O) groups is 1. The smallest absolute Gasteiger partial charge is 0.251 e. The van der Waals surface area contributed by atoms with Crippen LogP contribution in [0.25, 0.3) is 10.2 Å². The number of nitrogens with one attached hydrogen (secondary N) is 2. The Bertz CT molecular complexity index is 911. The first-order valence-corrected chi connectivity index (χ1v) is 9.61. The van der Waals surface area contributed by atoms with E-state index < -0.39 is 0 Å². The standard InChI is InChI=1S/C18H20N6O2S/c25-17(20-5-6-24-7-9-26-10-8-24)13-1-2-14-15(11-13)27-18(22-14)23-16-3-4-19-12-21-16/h1-4,11-12H,5-10H2,(H,20,25)(H,19,21,22,23). The third-order valence-corrected chi connectivity index (χ3v) is 5.22. The van der Waals surface area contributed by atoms with Crippen molar-refractivity contribution in [3.8, 4) is 0 Å². The summed E-state index contributed by atoms with van der Waals surface area (Å²) in [5, 5.41) is 6.87. The van der Waals surface area contributed by atoms with Gasteiger partial charge in [0.15, 0.2) is 5.13 Å². The van der Waals surface area contributed by atoms with Crippen molar-refractivity contribution in [1.82, 2.24) is 25.2 Å². The first-order valence-electron chi connectivity index (χ1n) is 8.80. The molecule has 0 saturated carbocycles. The summed E-state index contributed by atoms with van der Waals surface area (Å²) in [6.07, 6.45) is 3.15. The lowest BCUT2D eigenvalue weighted by Crippen LogP contribution is -2.41. The van der Waals surface area contributed by atoms with Gasteiger partial charge in [0, 0.05) is 37.9 Å². The summed E-state index contributed by atoms with van der Waals surface area (Å²) < 4.78 is 6.28. The van der Waals surface area contributed by atoms with Crippen LogP contribution < -0.4 is 10.6 Å². The second-order valence-electron chi connectivity index (χ2n) is 6.13. The van der Waals surface area contributed by atoms with Crippen LogP contribution in [0.2, 0.25) is 0 Å². The van der Waals surface area contributed by atoms with E-state index in [9.17, 15) is 4.79 Å². The van der Waals surface area contributed by atoms with Gasteiger partial charge in [-0.1, -0.05) is 11.3 Å². The number of aromatic nitrogens is 3. The highest BCUT2D eigenvalue weighted by Gasteiger charge is 2.12. The molecule has 1 fully saturated rings. The van der Waals surface area contributed by atoms with E-state index >= 15 is 0 Å². The number of thiazole rings is 1. The first kappa shape index (κ1) is 17.8. The van der Waals surface area contributed by atoms with Crippen LogP contribution in [0.1, 0.15) is 10.4 Å². The molecule has 0 atom stereocenters. The minimum Gasteiger partial charge on any atom is -0.379 e. The molecular weight excluding hydrogens is 364 g/mol. The Balaban J connectivity index is 1.37. The molecule has 1 amide bonds. The topological polar surface area (TPSA) is 92.3 Å². The molecule has 2 aromatic heterocycles. The van der Waals surface area contributed by atoms with E-state index in [2.05, 4.69) is 30.5 Å². The number of amides is 1. The lowest BCUT2D eigenvalue weighted by atomic mass is 10.2. The predicted molar refractivity (Wildman–Crippen MR) is 105 cm³/mol. The SMILES string of the molecule is O=C(NCCN1CCOCC1)c1ccc2nc(Nc3ccncn3)sc2c1. The highest BCUT2D eigenvalue weighted by molar-refractivity contribution is 7.22. The molecule has 0 aliphatic carbocycles. The second-order valence-corrected chi connectivity index (χ2v) is 7.16. The zero-order valence-corrected chi connectivity index (χ0v) is 15.5. The number of rotatable bonds is 6. The van der Waals surface area contributed by atoms with Gasteiger partial charge in [-0.2, -0.15) is 0 Å². The monoisotopic (exact) mass is 384 g/mol. The van der Waals surface area contributed by atoms with Gasteiger partial charge in [0.1, 0.15) is 12.1 Å². The molecule has 1 aromatic carbocycles. The fourth-order valence-electron chi connectivity index (χ4n) is 2.85. The van der Waals surface area contributed by atoms with Gasteiger partial charge in [-0.25, -0.2) is 15.0 Å². The number of nitrogens with zero attached hydrogens (tertiary/aromatic N) is 4. The number of ether oxygens (including phenoxy) is 1. The van der Waals surface area contributed by atoms with Gasteiger partial charge in [0.2, 0.25) is 0 Å². The summed E-state index contributed by atoms with van der Waals surface area (Å²) in [5.41, 5.74) is 1.49. The van der Waals surface area contributed by atoms with Crippen molar-refractivity contribution in [2.75, 3.05) is 44.7 Å². The zero-order valence-electron chi connectivity index (χ0n) is 14.7. The number of hydrogen-bond donors (Lipinski definition) is 2. The molecular formula is C18H20N6O2S. The maximum atomic E-state index is 12.4. The fourth-order valence-corrected chi connectivity index (χ4v) is 3.76. The molecule has 9 heteroatoms. The molecule has 8 nitrogen and oxygen atoms in total. The molecule has 1 aliphatic rings. The molecule has 0 unspecified atom stereocenters. The Morgan fingerprint density at radius 1 is 1.26 bits per heavy atom. The minimum absolute atomic E-state index is 0.0659. The number of hydrogen-bond acceptors (Lipinski definition) is 8. The van der Waals surface area contributed by atoms with Crippen LogP contribution >= 0.6 is 11.3 Å². The summed E-state index contributed by atoms with van der Waals surface area (Å²) in [6.45, 7) is 4.84. The average molecular weight is 384 g/mol. The third-order valence-electron chi connectivity index (χ3n) is 4.28. The van der Waals surface area contributed by atoms with E-state index in [4.69, 9.17) is 4.74 Å². The summed E-state index contributed by atoms with van der Waals surface area (Å²) in [5.74, 6) is 0.619. The third kappa shape index (κ3) is 4.57. The summed E-state index contributed by atoms with van der Waals surface area (Å²) >= 11 is 1.49. The van der Waals surface area contributed by atoms with Crippen LogP contribution in [0.3, 0.4) is 0 Å². The normalized spacial score (nSPS) is 15.0. The quantitative estimate of drug-likeness (QED) is 0.670. The van der Waals surface area contributed by atoms with Crippen LogP contribution in [0, 0.1) is 0 Å². The summed E-state index contributed by atoms with van der Waals surface area (Å²) in [7, 11) is 0. The molecule has 2 N–H and O–H groups in total. The van der Waals surface area contributed by atoms with Crippen molar-refractivity contribution < 1.29 is 9.53 Å². The van der Waals surface area contributed by atoms with E-state index in [0.29, 0.717) is 17.9 Å². The van der Waals surface area contributed by atoms with E-state index in [1.165, 1.54) is 17.7 Å². The molecule has 0 spiro atoms. The number of carbonyl (C=O) groups excluding carboxylic acids is 1. The molecule has 3 heterocycles. The van der Waals surface area contributed by atoms with Crippen LogP contribution in [0.5, 0.6) is 0 Å². The Morgan fingerprint density at radius 2 is 2.15 bits per heavy atom. The van der Waals surface area contributed by atoms with Gasteiger partial charge >= 0.3 is 0 Å². The molecule has 0 radical (unpaired) electrons. The van der Waals surface area contributed by atoms with Crippen LogP contribution in [0.4, 0.5) is 10.9 Å². The molecule has 0 bridgehead atoms. The van der Waals surface area contributed by atoms with Crippen molar-refractivity contribution in [3.63, 3.8) is 0 Å². The van der Waals surface area contributed by atoms with Crippen LogP contribution in [-0.4, -0.2) is 65.2 Å². The van der Waals surface area contributed by atoms with Crippen molar-refractivity contribution in [1.29, 1.82) is 0 Å². The zero-order chi connectivity index (χ0) is 18.5. The fraction of sp³-hybridized carbons (Fsp3) is 0.333. The van der Waals surface area contributed by atoms with Crippen molar-refractivity contribution in [2.45, 2.75) is 0 Å². The van der Waals surface area contributed by atoms with Crippen LogP contribution in [0.15, 0.2) is 36.8 Å². The Hall–Kier alpha value is -2.62. The number of morpholine rings is 1. The number of anilines is 2. The molecule has 1 aliphatic heterocycles. The maximum absolute atomic E-state index is 12.4. The first-order chi connectivity index (χ1) is 13.3. The van der Waals surface area contributed by atoms with E-state index in [0.717, 1.165) is 48.2 Å². The van der Waals surface area contributed by atoms with Crippen molar-refractivity contribution in [3.05, 3.63) is 42.4 Å². The lowest BCUT2D eigenvalue weighted by molar-refractivity contribution is 0.0383. The molecule has 3 aromatic rings. The molecule has 27 heavy (non-hydrogen) atoms. The van der Waals surface area contributed by atoms with E-state index in [-0.39, 0.29) is 5.91 Å². The number of benzene rings is 1. The van der Waals surface area contributed by atoms with Gasteiger partial charge in [-0.05, 0) is 24.3 Å². The van der Waals surface area contributed by atoms with Crippen LogP contribution in [-0.2, 0) is 4.74 Å². The Morgan fingerprint density at radius 3 is 2.96 bits per heavy atom.